The molecule has 0 N–H and O–H groups in total. The molecule has 8 fully saturated rings. The summed E-state index contributed by atoms with van der Waals surface area (Å²) < 4.78 is 0. The van der Waals surface area contributed by atoms with Crippen molar-refractivity contribution in [2.45, 2.75) is 103 Å². The van der Waals surface area contributed by atoms with Crippen molar-refractivity contribution in [3.8, 4) is 0 Å². The molecule has 8 bridgehead atoms. The zero-order valence-corrected chi connectivity index (χ0v) is 15.9. The Labute approximate surface area is 150 Å². The van der Waals surface area contributed by atoms with E-state index in [0.29, 0.717) is 0 Å². The summed E-state index contributed by atoms with van der Waals surface area (Å²) >= 11 is 0. The standard InChI is InChI=1S/C24H40/c1-3-19-13-23-11-7-18(8-12-24(23)14-19)2-4-20-15-21-9-5-17(1)6-10-22(21)16-20/h17-24H,1-16H2. The minimum Gasteiger partial charge on any atom is -0.0502 e. The fraction of sp³-hybridized carbons (Fsp3) is 1.00. The number of hydrogen-bond acceptors (Lipinski definition) is 0. The third-order valence-corrected chi connectivity index (χ3v) is 9.63. The van der Waals surface area contributed by atoms with Gasteiger partial charge in [-0.05, 0) is 98.7 Å². The van der Waals surface area contributed by atoms with Crippen LogP contribution in [0.1, 0.15) is 103 Å². The van der Waals surface area contributed by atoms with E-state index in [4.69, 9.17) is 0 Å². The molecule has 0 amide bonds. The molecule has 24 heavy (non-hydrogen) atoms. The van der Waals surface area contributed by atoms with Crippen LogP contribution in [-0.4, -0.2) is 0 Å². The first-order valence-electron chi connectivity index (χ1n) is 11.8. The molecule has 0 aromatic rings. The first-order chi connectivity index (χ1) is 11.8. The Hall–Kier alpha value is 0. The van der Waals surface area contributed by atoms with Crippen LogP contribution in [0.25, 0.3) is 0 Å². The van der Waals surface area contributed by atoms with E-state index in [1.807, 2.05) is 0 Å². The van der Waals surface area contributed by atoms with Gasteiger partial charge < -0.3 is 0 Å². The van der Waals surface area contributed by atoms with Gasteiger partial charge in [-0.25, -0.2) is 0 Å². The van der Waals surface area contributed by atoms with Crippen LogP contribution in [0.3, 0.4) is 0 Å². The summed E-state index contributed by atoms with van der Waals surface area (Å²) in [7, 11) is 0. The molecule has 0 aromatic carbocycles. The summed E-state index contributed by atoms with van der Waals surface area (Å²) in [6.45, 7) is 0. The average molecular weight is 329 g/mol. The number of rotatable bonds is 0. The van der Waals surface area contributed by atoms with Gasteiger partial charge in [-0.3, -0.25) is 0 Å². The summed E-state index contributed by atoms with van der Waals surface area (Å²) in [4.78, 5) is 0. The zero-order chi connectivity index (χ0) is 15.9. The molecule has 8 rings (SSSR count). The molecule has 0 aromatic heterocycles. The van der Waals surface area contributed by atoms with E-state index in [1.54, 1.807) is 103 Å². The minimum atomic E-state index is 1.11. The van der Waals surface area contributed by atoms with Crippen molar-refractivity contribution >= 4 is 0 Å². The van der Waals surface area contributed by atoms with Crippen LogP contribution in [-0.2, 0) is 0 Å². The van der Waals surface area contributed by atoms with Crippen LogP contribution >= 0.6 is 0 Å². The first-order valence-corrected chi connectivity index (χ1v) is 11.8. The molecule has 0 radical (unpaired) electrons. The van der Waals surface area contributed by atoms with Crippen molar-refractivity contribution in [2.24, 2.45) is 47.3 Å². The summed E-state index contributed by atoms with van der Waals surface area (Å²) in [5, 5.41) is 0. The van der Waals surface area contributed by atoms with E-state index >= 15 is 0 Å². The van der Waals surface area contributed by atoms with E-state index in [2.05, 4.69) is 0 Å². The highest BCUT2D eigenvalue weighted by Gasteiger charge is 2.39. The summed E-state index contributed by atoms with van der Waals surface area (Å²) in [6.07, 6.45) is 25.7. The second-order valence-electron chi connectivity index (χ2n) is 10.9. The summed E-state index contributed by atoms with van der Waals surface area (Å²) in [6, 6.07) is 0. The molecule has 0 spiro atoms. The van der Waals surface area contributed by atoms with Gasteiger partial charge in [-0.1, -0.05) is 51.4 Å². The Balaban J connectivity index is 1.31. The molecule has 8 aliphatic rings. The van der Waals surface area contributed by atoms with E-state index < -0.39 is 0 Å². The summed E-state index contributed by atoms with van der Waals surface area (Å²) in [5.74, 6) is 9.01. The lowest BCUT2D eigenvalue weighted by Gasteiger charge is -2.21. The Morgan fingerprint density at radius 2 is 0.500 bits per heavy atom. The maximum absolute atomic E-state index is 1.62. The second-order valence-corrected chi connectivity index (χ2v) is 10.9. The molecular weight excluding hydrogens is 288 g/mol. The fourth-order valence-corrected chi connectivity index (χ4v) is 8.17. The fourth-order valence-electron chi connectivity index (χ4n) is 8.17. The molecule has 0 aliphatic heterocycles. The molecule has 4 atom stereocenters. The molecule has 0 heterocycles. The van der Waals surface area contributed by atoms with Gasteiger partial charge in [0.25, 0.3) is 0 Å². The molecule has 4 unspecified atom stereocenters. The van der Waals surface area contributed by atoms with Crippen LogP contribution in [0, 0.1) is 47.3 Å². The maximum atomic E-state index is 1.62. The van der Waals surface area contributed by atoms with Crippen molar-refractivity contribution in [3.63, 3.8) is 0 Å². The van der Waals surface area contributed by atoms with Crippen molar-refractivity contribution < 1.29 is 0 Å². The van der Waals surface area contributed by atoms with Crippen LogP contribution in [0.2, 0.25) is 0 Å². The molecule has 8 saturated carbocycles. The zero-order valence-electron chi connectivity index (χ0n) is 15.9. The predicted molar refractivity (Wildman–Crippen MR) is 102 cm³/mol. The highest BCUT2D eigenvalue weighted by Crippen LogP contribution is 2.51. The van der Waals surface area contributed by atoms with Gasteiger partial charge in [-0.2, -0.15) is 0 Å². The smallest absolute Gasteiger partial charge is 0.0383 e. The van der Waals surface area contributed by atoms with Gasteiger partial charge in [-0.15, -0.1) is 0 Å². The van der Waals surface area contributed by atoms with Crippen LogP contribution in [0.4, 0.5) is 0 Å². The summed E-state index contributed by atoms with van der Waals surface area (Å²) in [5.41, 5.74) is 0. The van der Waals surface area contributed by atoms with Gasteiger partial charge in [0, 0.05) is 0 Å². The van der Waals surface area contributed by atoms with Gasteiger partial charge in [0.1, 0.15) is 0 Å². The van der Waals surface area contributed by atoms with Gasteiger partial charge >= 0.3 is 0 Å². The molecular formula is C24H40. The Kier molecular flexibility index (Phi) is 4.69. The van der Waals surface area contributed by atoms with Crippen molar-refractivity contribution in [1.29, 1.82) is 0 Å². The van der Waals surface area contributed by atoms with Crippen molar-refractivity contribution in [3.05, 3.63) is 0 Å². The predicted octanol–water partition coefficient (Wildman–Crippen LogP) is 7.23. The van der Waals surface area contributed by atoms with E-state index in [9.17, 15) is 0 Å². The largest absolute Gasteiger partial charge is 0.0502 e. The lowest BCUT2D eigenvalue weighted by Crippen LogP contribution is -2.08. The Morgan fingerprint density at radius 3 is 0.833 bits per heavy atom. The van der Waals surface area contributed by atoms with Gasteiger partial charge in [0.15, 0.2) is 0 Å². The van der Waals surface area contributed by atoms with E-state index in [-0.39, 0.29) is 0 Å². The second kappa shape index (κ2) is 6.96. The maximum Gasteiger partial charge on any atom is -0.0383 e. The lowest BCUT2D eigenvalue weighted by molar-refractivity contribution is 0.312. The molecule has 0 saturated heterocycles. The topological polar surface area (TPSA) is 0 Å². The highest BCUT2D eigenvalue weighted by atomic mass is 14.4. The van der Waals surface area contributed by atoms with E-state index in [1.165, 1.54) is 0 Å². The highest BCUT2D eigenvalue weighted by molar-refractivity contribution is 4.90. The Morgan fingerprint density at radius 1 is 0.250 bits per heavy atom. The minimum absolute atomic E-state index is 1.11. The third-order valence-electron chi connectivity index (χ3n) is 9.63. The number of hydrogen-bond donors (Lipinski definition) is 0. The molecule has 8 aliphatic carbocycles. The first kappa shape index (κ1) is 16.2. The SMILES string of the molecule is C1CC2CC3CCC(CCC4CC5CCC1CCC5C4)CCC3C2. The third kappa shape index (κ3) is 3.33. The van der Waals surface area contributed by atoms with Crippen molar-refractivity contribution in [1.82, 2.24) is 0 Å². The molecule has 0 heteroatoms. The van der Waals surface area contributed by atoms with Crippen LogP contribution < -0.4 is 0 Å². The van der Waals surface area contributed by atoms with E-state index in [0.717, 1.165) is 47.3 Å². The normalized spacial score (nSPS) is 52.0. The van der Waals surface area contributed by atoms with Crippen molar-refractivity contribution in [2.75, 3.05) is 0 Å². The van der Waals surface area contributed by atoms with Crippen LogP contribution in [0.15, 0.2) is 0 Å². The molecule has 0 nitrogen and oxygen atoms in total. The lowest BCUT2D eigenvalue weighted by atomic mass is 9.85. The molecule has 136 valence electrons. The van der Waals surface area contributed by atoms with Gasteiger partial charge in [0.05, 0.1) is 0 Å². The quantitative estimate of drug-likeness (QED) is 0.440. The average Bonchev–Trinajstić information content (AvgIpc) is 3.05. The monoisotopic (exact) mass is 328 g/mol. The van der Waals surface area contributed by atoms with Crippen LogP contribution in [0.5, 0.6) is 0 Å². The van der Waals surface area contributed by atoms with Gasteiger partial charge in [0.2, 0.25) is 0 Å². The Bertz CT molecular complexity index is 350.